The fraction of sp³-hybridized carbons (Fsp3) is 0.400. The van der Waals surface area contributed by atoms with Crippen molar-refractivity contribution in [2.75, 3.05) is 39.4 Å². The molecule has 2 fully saturated rings. The van der Waals surface area contributed by atoms with E-state index in [0.29, 0.717) is 38.3 Å². The molecule has 1 amide bonds. The topological polar surface area (TPSA) is 103 Å². The van der Waals surface area contributed by atoms with Crippen LogP contribution in [0.1, 0.15) is 33.2 Å². The van der Waals surface area contributed by atoms with Crippen molar-refractivity contribution >= 4 is 11.9 Å². The van der Waals surface area contributed by atoms with Crippen LogP contribution < -0.4 is 0 Å². The molecule has 2 saturated heterocycles. The minimum absolute atomic E-state index is 0.0320. The summed E-state index contributed by atoms with van der Waals surface area (Å²) in [6.45, 7) is 4.00. The van der Waals surface area contributed by atoms with E-state index in [-0.39, 0.29) is 24.0 Å². The van der Waals surface area contributed by atoms with Gasteiger partial charge < -0.3 is 14.4 Å². The van der Waals surface area contributed by atoms with Crippen LogP contribution in [0.4, 0.5) is 0 Å². The number of morpholine rings is 1. The van der Waals surface area contributed by atoms with Gasteiger partial charge in [-0.1, -0.05) is 24.3 Å². The molecule has 4 heterocycles. The van der Waals surface area contributed by atoms with E-state index in [1.54, 1.807) is 4.68 Å². The van der Waals surface area contributed by atoms with Gasteiger partial charge in [0.05, 0.1) is 43.0 Å². The van der Waals surface area contributed by atoms with Gasteiger partial charge in [-0.2, -0.15) is 0 Å². The molecule has 6 rings (SSSR count). The number of tetrazole rings is 1. The summed E-state index contributed by atoms with van der Waals surface area (Å²) >= 11 is 0. The number of benzene rings is 2. The molecule has 0 aliphatic carbocycles. The Morgan fingerprint density at radius 3 is 2.80 bits per heavy atom. The molecular weight excluding hydrogens is 448 g/mol. The Morgan fingerprint density at radius 1 is 1.09 bits per heavy atom. The number of hydrogen-bond acceptors (Lipinski definition) is 8. The van der Waals surface area contributed by atoms with Gasteiger partial charge in [-0.15, -0.1) is 5.10 Å². The Kier molecular flexibility index (Phi) is 5.75. The van der Waals surface area contributed by atoms with E-state index in [0.717, 1.165) is 41.9 Å². The van der Waals surface area contributed by atoms with Crippen molar-refractivity contribution in [3.05, 3.63) is 71.0 Å². The Balaban J connectivity index is 1.05. The van der Waals surface area contributed by atoms with Crippen molar-refractivity contribution in [2.45, 2.75) is 25.0 Å². The van der Waals surface area contributed by atoms with Crippen molar-refractivity contribution in [1.29, 1.82) is 0 Å². The van der Waals surface area contributed by atoms with Gasteiger partial charge in [0.25, 0.3) is 0 Å². The monoisotopic (exact) mass is 474 g/mol. The minimum atomic E-state index is -0.244. The van der Waals surface area contributed by atoms with E-state index in [2.05, 4.69) is 26.5 Å². The molecular formula is C25H26N6O4. The Labute approximate surface area is 202 Å². The van der Waals surface area contributed by atoms with E-state index in [1.165, 1.54) is 6.33 Å². The number of ether oxygens (including phenoxy) is 2. The van der Waals surface area contributed by atoms with Crippen LogP contribution in [0.2, 0.25) is 0 Å². The van der Waals surface area contributed by atoms with Crippen molar-refractivity contribution in [3.8, 4) is 5.69 Å². The first-order valence-electron chi connectivity index (χ1n) is 11.9. The SMILES string of the molecule is O=C1OCCc2cc(C3CN4CCN(C(=O)Cc5ccc(-n6cnnn6)cc5)CC4CO3)ccc21. The molecule has 3 aliphatic rings. The van der Waals surface area contributed by atoms with Crippen molar-refractivity contribution < 1.29 is 19.1 Å². The minimum Gasteiger partial charge on any atom is -0.462 e. The molecule has 2 unspecified atom stereocenters. The summed E-state index contributed by atoms with van der Waals surface area (Å²) in [5.74, 6) is -0.116. The molecule has 0 spiro atoms. The van der Waals surface area contributed by atoms with Gasteiger partial charge >= 0.3 is 5.97 Å². The fourth-order valence-electron chi connectivity index (χ4n) is 5.10. The van der Waals surface area contributed by atoms with Gasteiger partial charge in [-0.05, 0) is 45.3 Å². The van der Waals surface area contributed by atoms with Crippen LogP contribution in [0.25, 0.3) is 5.69 Å². The van der Waals surface area contributed by atoms with Gasteiger partial charge in [-0.25, -0.2) is 9.48 Å². The molecule has 35 heavy (non-hydrogen) atoms. The van der Waals surface area contributed by atoms with Crippen LogP contribution >= 0.6 is 0 Å². The number of fused-ring (bicyclic) bond motifs is 2. The van der Waals surface area contributed by atoms with Crippen molar-refractivity contribution in [2.24, 2.45) is 0 Å². The molecule has 2 aromatic carbocycles. The summed E-state index contributed by atoms with van der Waals surface area (Å²) in [5, 5.41) is 11.2. The summed E-state index contributed by atoms with van der Waals surface area (Å²) in [4.78, 5) is 29.3. The first kappa shape index (κ1) is 21.9. The number of amides is 1. The summed E-state index contributed by atoms with van der Waals surface area (Å²) in [6, 6.07) is 13.8. The molecule has 1 aromatic heterocycles. The Hall–Kier alpha value is -3.63. The summed E-state index contributed by atoms with van der Waals surface area (Å²) < 4.78 is 12.9. The normalized spacial score (nSPS) is 22.3. The quantitative estimate of drug-likeness (QED) is 0.520. The van der Waals surface area contributed by atoms with Crippen LogP contribution in [0.3, 0.4) is 0 Å². The second-order valence-corrected chi connectivity index (χ2v) is 9.21. The van der Waals surface area contributed by atoms with Crippen molar-refractivity contribution in [3.63, 3.8) is 0 Å². The van der Waals surface area contributed by atoms with Crippen LogP contribution in [-0.2, 0) is 27.1 Å². The standard InChI is InChI=1S/C25H26N6O4/c32-24(11-17-1-4-20(5-2-17)31-16-26-27-28-31)30-9-8-29-14-23(35-15-21(29)13-30)19-3-6-22-18(12-19)7-10-34-25(22)33/h1-6,12,16,21,23H,7-11,13-15H2. The van der Waals surface area contributed by atoms with E-state index in [4.69, 9.17) is 9.47 Å². The van der Waals surface area contributed by atoms with E-state index < -0.39 is 0 Å². The number of cyclic esters (lactones) is 1. The zero-order valence-corrected chi connectivity index (χ0v) is 19.2. The van der Waals surface area contributed by atoms with Gasteiger partial charge in [0.2, 0.25) is 5.91 Å². The molecule has 10 heteroatoms. The van der Waals surface area contributed by atoms with Gasteiger partial charge in [0.1, 0.15) is 6.33 Å². The third-order valence-corrected chi connectivity index (χ3v) is 7.08. The molecule has 0 radical (unpaired) electrons. The molecule has 0 bridgehead atoms. The number of rotatable bonds is 4. The zero-order valence-electron chi connectivity index (χ0n) is 19.2. The molecule has 2 atom stereocenters. The highest BCUT2D eigenvalue weighted by Crippen LogP contribution is 2.29. The number of esters is 1. The third-order valence-electron chi connectivity index (χ3n) is 7.08. The Morgan fingerprint density at radius 2 is 1.97 bits per heavy atom. The highest BCUT2D eigenvalue weighted by atomic mass is 16.5. The van der Waals surface area contributed by atoms with Crippen molar-refractivity contribution in [1.82, 2.24) is 30.0 Å². The van der Waals surface area contributed by atoms with Crippen LogP contribution in [0.15, 0.2) is 48.8 Å². The second kappa shape index (κ2) is 9.20. The largest absolute Gasteiger partial charge is 0.462 e. The highest BCUT2D eigenvalue weighted by molar-refractivity contribution is 5.92. The predicted molar refractivity (Wildman–Crippen MR) is 124 cm³/mol. The van der Waals surface area contributed by atoms with Gasteiger partial charge in [0, 0.05) is 32.6 Å². The number of aromatic nitrogens is 4. The average Bonchev–Trinajstić information content (AvgIpc) is 3.43. The third kappa shape index (κ3) is 4.42. The lowest BCUT2D eigenvalue weighted by molar-refractivity contribution is -0.139. The number of nitrogens with zero attached hydrogens (tertiary/aromatic N) is 6. The maximum absolute atomic E-state index is 13.0. The number of piperazine rings is 1. The van der Waals surface area contributed by atoms with Gasteiger partial charge in [-0.3, -0.25) is 9.69 Å². The van der Waals surface area contributed by atoms with E-state index >= 15 is 0 Å². The van der Waals surface area contributed by atoms with E-state index in [9.17, 15) is 9.59 Å². The maximum atomic E-state index is 13.0. The molecule has 3 aromatic rings. The van der Waals surface area contributed by atoms with Crippen LogP contribution in [0.5, 0.6) is 0 Å². The zero-order chi connectivity index (χ0) is 23.8. The lowest BCUT2D eigenvalue weighted by atomic mass is 9.96. The maximum Gasteiger partial charge on any atom is 0.338 e. The fourth-order valence-corrected chi connectivity index (χ4v) is 5.10. The highest BCUT2D eigenvalue weighted by Gasteiger charge is 2.35. The lowest BCUT2D eigenvalue weighted by Crippen LogP contribution is -2.59. The summed E-state index contributed by atoms with van der Waals surface area (Å²) in [6.07, 6.45) is 2.61. The average molecular weight is 475 g/mol. The molecule has 180 valence electrons. The molecule has 0 saturated carbocycles. The van der Waals surface area contributed by atoms with Crippen LogP contribution in [0, 0.1) is 0 Å². The number of hydrogen-bond donors (Lipinski definition) is 0. The molecule has 3 aliphatic heterocycles. The smallest absolute Gasteiger partial charge is 0.338 e. The van der Waals surface area contributed by atoms with Crippen LogP contribution in [-0.4, -0.2) is 87.3 Å². The van der Waals surface area contributed by atoms with E-state index in [1.807, 2.05) is 41.3 Å². The first-order valence-corrected chi connectivity index (χ1v) is 11.9. The van der Waals surface area contributed by atoms with Gasteiger partial charge in [0.15, 0.2) is 0 Å². The Bertz CT molecular complexity index is 1230. The lowest BCUT2D eigenvalue weighted by Gasteiger charge is -2.46. The summed E-state index contributed by atoms with van der Waals surface area (Å²) in [5.41, 5.74) is 4.61. The predicted octanol–water partition coefficient (Wildman–Crippen LogP) is 1.20. The second-order valence-electron chi connectivity index (χ2n) is 9.21. The first-order chi connectivity index (χ1) is 17.1. The summed E-state index contributed by atoms with van der Waals surface area (Å²) in [7, 11) is 0. The molecule has 0 N–H and O–H groups in total. The number of carbonyl (C=O) groups excluding carboxylic acids is 2. The molecule has 10 nitrogen and oxygen atoms in total. The number of carbonyl (C=O) groups is 2.